The Morgan fingerprint density at radius 3 is 3.00 bits per heavy atom. The number of hydrogen-bond acceptors (Lipinski definition) is 4. The van der Waals surface area contributed by atoms with Crippen LogP contribution in [0.4, 0.5) is 5.69 Å². The highest BCUT2D eigenvalue weighted by Crippen LogP contribution is 2.30. The quantitative estimate of drug-likeness (QED) is 0.852. The number of anilines is 1. The molecule has 2 aliphatic rings. The van der Waals surface area contributed by atoms with E-state index in [0.29, 0.717) is 6.04 Å². The Balaban J connectivity index is 1.45. The first-order valence-electron chi connectivity index (χ1n) is 8.16. The van der Waals surface area contributed by atoms with Gasteiger partial charge in [-0.15, -0.1) is 11.3 Å². The number of benzene rings is 1. The van der Waals surface area contributed by atoms with Crippen molar-refractivity contribution in [1.29, 1.82) is 0 Å². The van der Waals surface area contributed by atoms with Crippen LogP contribution in [0.5, 0.6) is 0 Å². The molecule has 0 spiro atoms. The molecule has 0 saturated carbocycles. The number of nitrogens with one attached hydrogen (secondary N) is 1. The second kappa shape index (κ2) is 5.98. The average Bonchev–Trinajstić information content (AvgIpc) is 3.14. The molecule has 0 aliphatic carbocycles. The molecule has 120 valence electrons. The molecule has 1 aromatic heterocycles. The van der Waals surface area contributed by atoms with E-state index in [-0.39, 0.29) is 5.91 Å². The van der Waals surface area contributed by atoms with Gasteiger partial charge in [-0.3, -0.25) is 4.79 Å². The Labute approximate surface area is 140 Å². The minimum absolute atomic E-state index is 0.0534. The SMILES string of the molecule is Nc1cccc(-c2ccc(C(=O)N[C@H]3C[C@H]4CCN(C4)C3)s2)c1. The third-order valence-corrected chi connectivity index (χ3v) is 5.94. The number of carbonyl (C=O) groups excluding carboxylic acids is 1. The van der Waals surface area contributed by atoms with Crippen LogP contribution in [0.3, 0.4) is 0 Å². The van der Waals surface area contributed by atoms with Crippen molar-refractivity contribution in [2.24, 2.45) is 5.92 Å². The average molecular weight is 327 g/mol. The lowest BCUT2D eigenvalue weighted by atomic mass is 9.97. The molecule has 2 aliphatic heterocycles. The molecule has 1 aromatic carbocycles. The largest absolute Gasteiger partial charge is 0.399 e. The lowest BCUT2D eigenvalue weighted by Crippen LogP contribution is -2.46. The molecule has 4 nitrogen and oxygen atoms in total. The van der Waals surface area contributed by atoms with E-state index in [0.717, 1.165) is 39.9 Å². The van der Waals surface area contributed by atoms with Crippen molar-refractivity contribution >= 4 is 22.9 Å². The third-order valence-electron chi connectivity index (χ3n) is 4.80. The van der Waals surface area contributed by atoms with E-state index in [1.165, 1.54) is 30.8 Å². The second-order valence-corrected chi connectivity index (χ2v) is 7.69. The Morgan fingerprint density at radius 1 is 1.26 bits per heavy atom. The molecular weight excluding hydrogens is 306 g/mol. The van der Waals surface area contributed by atoms with E-state index in [4.69, 9.17) is 5.73 Å². The number of nitrogens with two attached hydrogens (primary N) is 1. The molecule has 3 atom stereocenters. The van der Waals surface area contributed by atoms with Gasteiger partial charge < -0.3 is 16.0 Å². The van der Waals surface area contributed by atoms with Crippen LogP contribution >= 0.6 is 11.3 Å². The van der Waals surface area contributed by atoms with Gasteiger partial charge in [0.15, 0.2) is 0 Å². The minimum Gasteiger partial charge on any atom is -0.399 e. The maximum atomic E-state index is 12.5. The molecule has 23 heavy (non-hydrogen) atoms. The van der Waals surface area contributed by atoms with Crippen molar-refractivity contribution in [2.45, 2.75) is 18.9 Å². The van der Waals surface area contributed by atoms with Gasteiger partial charge in [0.1, 0.15) is 0 Å². The molecule has 0 radical (unpaired) electrons. The zero-order valence-electron chi connectivity index (χ0n) is 13.0. The van der Waals surface area contributed by atoms with Gasteiger partial charge in [0.25, 0.3) is 5.91 Å². The van der Waals surface area contributed by atoms with Crippen LogP contribution in [0, 0.1) is 5.92 Å². The molecule has 1 amide bonds. The molecule has 1 unspecified atom stereocenters. The van der Waals surface area contributed by atoms with Crippen molar-refractivity contribution in [3.8, 4) is 10.4 Å². The van der Waals surface area contributed by atoms with Crippen molar-refractivity contribution in [3.05, 3.63) is 41.3 Å². The summed E-state index contributed by atoms with van der Waals surface area (Å²) in [4.78, 5) is 16.8. The molecule has 3 N–H and O–H groups in total. The second-order valence-electron chi connectivity index (χ2n) is 6.61. The highest BCUT2D eigenvalue weighted by Gasteiger charge is 2.33. The number of nitrogen functional groups attached to an aromatic ring is 1. The van der Waals surface area contributed by atoms with Gasteiger partial charge in [-0.2, -0.15) is 0 Å². The first-order chi connectivity index (χ1) is 11.2. The van der Waals surface area contributed by atoms with Gasteiger partial charge in [0.2, 0.25) is 0 Å². The van der Waals surface area contributed by atoms with Gasteiger partial charge in [0.05, 0.1) is 4.88 Å². The van der Waals surface area contributed by atoms with Gasteiger partial charge in [-0.25, -0.2) is 0 Å². The zero-order chi connectivity index (χ0) is 15.8. The normalized spacial score (nSPS) is 26.2. The smallest absolute Gasteiger partial charge is 0.261 e. The Bertz CT molecular complexity index is 715. The monoisotopic (exact) mass is 327 g/mol. The van der Waals surface area contributed by atoms with E-state index in [9.17, 15) is 4.79 Å². The molecular formula is C18H21N3OS. The van der Waals surface area contributed by atoms with Crippen molar-refractivity contribution in [1.82, 2.24) is 10.2 Å². The molecule has 5 heteroatoms. The third kappa shape index (κ3) is 3.12. The summed E-state index contributed by atoms with van der Waals surface area (Å²) in [7, 11) is 0. The maximum absolute atomic E-state index is 12.5. The standard InChI is InChI=1S/C18H21N3OS/c19-14-3-1-2-13(9-14)16-4-5-17(23-16)18(22)20-15-8-12-6-7-21(10-12)11-15/h1-5,9,12,15H,6-8,10-11,19H2,(H,20,22)/t12-,15+/m1/s1. The summed E-state index contributed by atoms with van der Waals surface area (Å²) in [5, 5.41) is 3.22. The fraction of sp³-hybridized carbons (Fsp3) is 0.389. The van der Waals surface area contributed by atoms with Crippen LogP contribution in [0.25, 0.3) is 10.4 Å². The first kappa shape index (κ1) is 14.7. The fourth-order valence-corrected chi connectivity index (χ4v) is 4.63. The van der Waals surface area contributed by atoms with Crippen LogP contribution in [0.2, 0.25) is 0 Å². The fourth-order valence-electron chi connectivity index (χ4n) is 3.73. The number of amides is 1. The molecule has 2 aromatic rings. The van der Waals surface area contributed by atoms with Crippen LogP contribution in [0.1, 0.15) is 22.5 Å². The number of hydrogen-bond donors (Lipinski definition) is 2. The lowest BCUT2D eigenvalue weighted by molar-refractivity contribution is 0.0913. The Morgan fingerprint density at radius 2 is 2.17 bits per heavy atom. The van der Waals surface area contributed by atoms with E-state index in [2.05, 4.69) is 10.2 Å². The van der Waals surface area contributed by atoms with Gasteiger partial charge in [-0.05, 0) is 55.1 Å². The van der Waals surface area contributed by atoms with E-state index in [1.54, 1.807) is 0 Å². The number of carbonyl (C=O) groups is 1. The maximum Gasteiger partial charge on any atom is 0.261 e. The molecule has 2 bridgehead atoms. The number of rotatable bonds is 3. The number of piperidine rings is 1. The molecule has 3 heterocycles. The predicted molar refractivity (Wildman–Crippen MR) is 94.6 cm³/mol. The Kier molecular flexibility index (Phi) is 3.83. The van der Waals surface area contributed by atoms with Gasteiger partial charge in [-0.1, -0.05) is 12.1 Å². The summed E-state index contributed by atoms with van der Waals surface area (Å²) in [5.74, 6) is 0.817. The first-order valence-corrected chi connectivity index (χ1v) is 8.98. The summed E-state index contributed by atoms with van der Waals surface area (Å²) in [6.45, 7) is 3.40. The molecule has 4 rings (SSSR count). The molecule has 2 saturated heterocycles. The van der Waals surface area contributed by atoms with Gasteiger partial charge >= 0.3 is 0 Å². The molecule has 2 fully saturated rings. The van der Waals surface area contributed by atoms with Crippen molar-refractivity contribution in [2.75, 3.05) is 25.4 Å². The topological polar surface area (TPSA) is 58.4 Å². The van der Waals surface area contributed by atoms with E-state index < -0.39 is 0 Å². The van der Waals surface area contributed by atoms with E-state index in [1.807, 2.05) is 36.4 Å². The Hall–Kier alpha value is -1.85. The zero-order valence-corrected chi connectivity index (χ0v) is 13.8. The number of fused-ring (bicyclic) bond motifs is 2. The summed E-state index contributed by atoms with van der Waals surface area (Å²) in [5.41, 5.74) is 7.65. The lowest BCUT2D eigenvalue weighted by Gasteiger charge is -2.30. The summed E-state index contributed by atoms with van der Waals surface area (Å²) in [6.07, 6.45) is 2.40. The van der Waals surface area contributed by atoms with Crippen LogP contribution < -0.4 is 11.1 Å². The van der Waals surface area contributed by atoms with Gasteiger partial charge in [0, 0.05) is 29.7 Å². The van der Waals surface area contributed by atoms with E-state index >= 15 is 0 Å². The van der Waals surface area contributed by atoms with Crippen LogP contribution in [-0.2, 0) is 0 Å². The summed E-state index contributed by atoms with van der Waals surface area (Å²) in [6, 6.07) is 12.0. The minimum atomic E-state index is 0.0534. The highest BCUT2D eigenvalue weighted by atomic mass is 32.1. The van der Waals surface area contributed by atoms with Crippen LogP contribution in [-0.4, -0.2) is 36.5 Å². The van der Waals surface area contributed by atoms with Crippen molar-refractivity contribution < 1.29 is 4.79 Å². The van der Waals surface area contributed by atoms with Crippen molar-refractivity contribution in [3.63, 3.8) is 0 Å². The summed E-state index contributed by atoms with van der Waals surface area (Å²) >= 11 is 1.53. The predicted octanol–water partition coefficient (Wildman–Crippen LogP) is 2.82. The number of thiophene rings is 1. The van der Waals surface area contributed by atoms with Crippen LogP contribution in [0.15, 0.2) is 36.4 Å². The number of nitrogens with zero attached hydrogens (tertiary/aromatic N) is 1. The highest BCUT2D eigenvalue weighted by molar-refractivity contribution is 7.17. The summed E-state index contributed by atoms with van der Waals surface area (Å²) < 4.78 is 0.